The molecule has 0 spiro atoms. The smallest absolute Gasteiger partial charge is 0.270 e. The fraction of sp³-hybridized carbons (Fsp3) is 0.0833. The van der Waals surface area contributed by atoms with Gasteiger partial charge in [0.05, 0.1) is 15.6 Å². The van der Waals surface area contributed by atoms with Crippen molar-refractivity contribution in [1.29, 1.82) is 0 Å². The zero-order valence-corrected chi connectivity index (χ0v) is 19.1. The van der Waals surface area contributed by atoms with Crippen molar-refractivity contribution in [1.82, 2.24) is 0 Å². The summed E-state index contributed by atoms with van der Waals surface area (Å²) in [6.45, 7) is 0.672. The first-order valence-corrected chi connectivity index (χ1v) is 11.3. The largest absolute Gasteiger partial charge is 0.490 e. The monoisotopic (exact) mass is 485 g/mol. The third-order valence-electron chi connectivity index (χ3n) is 4.48. The first-order chi connectivity index (χ1) is 15.5. The van der Waals surface area contributed by atoms with Crippen molar-refractivity contribution in [3.63, 3.8) is 0 Å². The second-order valence-corrected chi connectivity index (χ2v) is 8.78. The van der Waals surface area contributed by atoms with E-state index in [0.717, 1.165) is 5.56 Å². The zero-order chi connectivity index (χ0) is 22.5. The molecule has 32 heavy (non-hydrogen) atoms. The number of anilines is 1. The Labute approximate surface area is 199 Å². The Balaban J connectivity index is 1.39. The Morgan fingerprint density at radius 1 is 1.00 bits per heavy atom. The van der Waals surface area contributed by atoms with Crippen LogP contribution in [0.2, 0.25) is 5.02 Å². The van der Waals surface area contributed by atoms with E-state index < -0.39 is 0 Å². The maximum absolute atomic E-state index is 13.2. The minimum absolute atomic E-state index is 0.244. The van der Waals surface area contributed by atoms with Gasteiger partial charge in [0.1, 0.15) is 30.5 Å². The number of para-hydroxylation sites is 1. The van der Waals surface area contributed by atoms with Crippen LogP contribution in [-0.4, -0.2) is 23.4 Å². The molecule has 1 saturated heterocycles. The van der Waals surface area contributed by atoms with Crippen molar-refractivity contribution in [2.45, 2.75) is 0 Å². The quantitative estimate of drug-likeness (QED) is 0.222. The molecule has 0 radical (unpaired) electrons. The highest BCUT2D eigenvalue weighted by molar-refractivity contribution is 8.27. The Morgan fingerprint density at radius 2 is 1.75 bits per heavy atom. The lowest BCUT2D eigenvalue weighted by Gasteiger charge is -2.14. The van der Waals surface area contributed by atoms with Gasteiger partial charge < -0.3 is 9.47 Å². The number of nitrogens with zero attached hydrogens (tertiary/aromatic N) is 1. The third kappa shape index (κ3) is 5.30. The van der Waals surface area contributed by atoms with E-state index in [1.807, 2.05) is 36.4 Å². The molecule has 0 saturated carbocycles. The van der Waals surface area contributed by atoms with Gasteiger partial charge >= 0.3 is 0 Å². The van der Waals surface area contributed by atoms with E-state index in [4.69, 9.17) is 33.3 Å². The molecule has 0 atom stereocenters. The molecule has 3 aromatic rings. The molecule has 0 unspecified atom stereocenters. The van der Waals surface area contributed by atoms with E-state index in [-0.39, 0.29) is 11.7 Å². The molecule has 0 aromatic heterocycles. The van der Waals surface area contributed by atoms with Crippen molar-refractivity contribution in [2.75, 3.05) is 18.1 Å². The maximum atomic E-state index is 13.2. The molecule has 0 bridgehead atoms. The molecule has 1 heterocycles. The van der Waals surface area contributed by atoms with Gasteiger partial charge in [-0.3, -0.25) is 9.69 Å². The maximum Gasteiger partial charge on any atom is 0.270 e. The number of thioether (sulfide) groups is 1. The van der Waals surface area contributed by atoms with Crippen molar-refractivity contribution in [3.8, 4) is 11.5 Å². The number of benzene rings is 3. The Hall–Kier alpha value is -2.87. The lowest BCUT2D eigenvalue weighted by Crippen LogP contribution is -2.27. The molecule has 1 amide bonds. The zero-order valence-electron chi connectivity index (χ0n) is 16.7. The summed E-state index contributed by atoms with van der Waals surface area (Å²) < 4.78 is 25.0. The number of hydrogen-bond donors (Lipinski definition) is 0. The van der Waals surface area contributed by atoms with Gasteiger partial charge in [0.2, 0.25) is 0 Å². The van der Waals surface area contributed by atoms with Crippen LogP contribution in [0.3, 0.4) is 0 Å². The summed E-state index contributed by atoms with van der Waals surface area (Å²) in [7, 11) is 0. The van der Waals surface area contributed by atoms with Crippen LogP contribution in [0.4, 0.5) is 10.1 Å². The van der Waals surface area contributed by atoms with Crippen LogP contribution in [0, 0.1) is 5.82 Å². The van der Waals surface area contributed by atoms with Crippen LogP contribution in [-0.2, 0) is 4.79 Å². The molecule has 4 nitrogen and oxygen atoms in total. The van der Waals surface area contributed by atoms with E-state index in [2.05, 4.69) is 0 Å². The minimum Gasteiger partial charge on any atom is -0.490 e. The van der Waals surface area contributed by atoms with E-state index >= 15 is 0 Å². The normalized spacial score (nSPS) is 14.8. The van der Waals surface area contributed by atoms with Crippen molar-refractivity contribution in [2.24, 2.45) is 0 Å². The number of carbonyl (C=O) groups excluding carboxylic acids is 1. The average molecular weight is 486 g/mol. The Bertz CT molecular complexity index is 1180. The summed E-state index contributed by atoms with van der Waals surface area (Å²) in [4.78, 5) is 14.7. The second kappa shape index (κ2) is 10.2. The highest BCUT2D eigenvalue weighted by atomic mass is 35.5. The van der Waals surface area contributed by atoms with E-state index in [1.165, 1.54) is 40.9 Å². The van der Waals surface area contributed by atoms with Crippen LogP contribution >= 0.6 is 35.6 Å². The minimum atomic E-state index is -0.371. The highest BCUT2D eigenvalue weighted by Crippen LogP contribution is 2.36. The highest BCUT2D eigenvalue weighted by Gasteiger charge is 2.33. The van der Waals surface area contributed by atoms with Crippen LogP contribution in [0.15, 0.2) is 77.7 Å². The van der Waals surface area contributed by atoms with Crippen molar-refractivity contribution < 1.29 is 18.7 Å². The number of ether oxygens (including phenoxy) is 2. The molecule has 8 heteroatoms. The van der Waals surface area contributed by atoms with Gasteiger partial charge in [-0.05, 0) is 60.2 Å². The first kappa shape index (κ1) is 22.3. The van der Waals surface area contributed by atoms with Gasteiger partial charge in [0, 0.05) is 0 Å². The summed E-state index contributed by atoms with van der Waals surface area (Å²) in [5.41, 5.74) is 1.34. The number of carbonyl (C=O) groups is 1. The molecular weight excluding hydrogens is 469 g/mol. The topological polar surface area (TPSA) is 38.8 Å². The summed E-state index contributed by atoms with van der Waals surface area (Å²) in [5.74, 6) is 0.639. The molecule has 1 aliphatic heterocycles. The number of amides is 1. The van der Waals surface area contributed by atoms with Gasteiger partial charge in [-0.1, -0.05) is 59.8 Å². The van der Waals surface area contributed by atoms with E-state index in [9.17, 15) is 9.18 Å². The Kier molecular flexibility index (Phi) is 7.09. The lowest BCUT2D eigenvalue weighted by atomic mass is 10.2. The SMILES string of the molecule is O=C1C(=Cc2cccc(OCCOc3ccccc3Cl)c2)SC(=S)N1c1ccc(F)cc1. The van der Waals surface area contributed by atoms with E-state index in [0.29, 0.717) is 44.6 Å². The average Bonchev–Trinajstić information content (AvgIpc) is 3.06. The molecular formula is C24H17ClFNO3S2. The summed E-state index contributed by atoms with van der Waals surface area (Å²) in [6, 6.07) is 20.3. The summed E-state index contributed by atoms with van der Waals surface area (Å²) >= 11 is 12.6. The number of halogens is 2. The fourth-order valence-corrected chi connectivity index (χ4v) is 4.49. The Morgan fingerprint density at radius 3 is 2.53 bits per heavy atom. The molecule has 162 valence electrons. The van der Waals surface area contributed by atoms with Gasteiger partial charge in [-0.15, -0.1) is 0 Å². The second-order valence-electron chi connectivity index (χ2n) is 6.69. The van der Waals surface area contributed by atoms with Crippen LogP contribution in [0.25, 0.3) is 6.08 Å². The number of hydrogen-bond acceptors (Lipinski definition) is 5. The summed E-state index contributed by atoms with van der Waals surface area (Å²) in [6.07, 6.45) is 1.76. The van der Waals surface area contributed by atoms with Gasteiger partial charge in [0.25, 0.3) is 5.91 Å². The van der Waals surface area contributed by atoms with Crippen LogP contribution in [0.5, 0.6) is 11.5 Å². The molecule has 1 aliphatic rings. The summed E-state index contributed by atoms with van der Waals surface area (Å²) in [5, 5.41) is 0.549. The van der Waals surface area contributed by atoms with E-state index in [1.54, 1.807) is 18.2 Å². The molecule has 3 aromatic carbocycles. The number of rotatable bonds is 7. The first-order valence-electron chi connectivity index (χ1n) is 9.65. The standard InChI is InChI=1S/C24H17ClFNO3S2/c25-20-6-1-2-7-21(20)30-13-12-29-19-5-3-4-16(14-19)15-22-23(28)27(24(31)32-22)18-10-8-17(26)9-11-18/h1-11,14-15H,12-13H2. The predicted molar refractivity (Wildman–Crippen MR) is 131 cm³/mol. The number of thiocarbonyl (C=S) groups is 1. The van der Waals surface area contributed by atoms with Crippen molar-refractivity contribution >= 4 is 57.6 Å². The molecule has 4 rings (SSSR count). The van der Waals surface area contributed by atoms with Crippen LogP contribution in [0.1, 0.15) is 5.56 Å². The van der Waals surface area contributed by atoms with Gasteiger partial charge in [0.15, 0.2) is 4.32 Å². The predicted octanol–water partition coefficient (Wildman–Crippen LogP) is 6.34. The van der Waals surface area contributed by atoms with Gasteiger partial charge in [-0.2, -0.15) is 0 Å². The van der Waals surface area contributed by atoms with Crippen molar-refractivity contribution in [3.05, 3.63) is 94.1 Å². The third-order valence-corrected chi connectivity index (χ3v) is 6.10. The van der Waals surface area contributed by atoms with Gasteiger partial charge in [-0.25, -0.2) is 4.39 Å². The molecule has 0 N–H and O–H groups in total. The lowest BCUT2D eigenvalue weighted by molar-refractivity contribution is -0.113. The molecule has 0 aliphatic carbocycles. The molecule has 1 fully saturated rings. The van der Waals surface area contributed by atoms with Crippen LogP contribution < -0.4 is 14.4 Å². The fourth-order valence-electron chi connectivity index (χ4n) is 3.00.